The van der Waals surface area contributed by atoms with E-state index in [2.05, 4.69) is 16.4 Å². The van der Waals surface area contributed by atoms with Crippen LogP contribution in [0, 0.1) is 6.92 Å². The van der Waals surface area contributed by atoms with E-state index in [4.69, 9.17) is 4.74 Å². The molecule has 4 nitrogen and oxygen atoms in total. The summed E-state index contributed by atoms with van der Waals surface area (Å²) in [5, 5.41) is 2.91. The Morgan fingerprint density at radius 3 is 3.11 bits per heavy atom. The maximum Gasteiger partial charge on any atom is 0.263 e. The van der Waals surface area contributed by atoms with Gasteiger partial charge in [0.15, 0.2) is 0 Å². The number of aryl methyl sites for hydroxylation is 1. The van der Waals surface area contributed by atoms with Crippen LogP contribution in [0.4, 0.5) is 0 Å². The standard InChI is InChI=1S/C14H14N2O2S/c1-9-13(19-8-16-9)14(17)15-7-11-6-10-4-2-3-5-12(10)18-11/h2-5,8,11H,6-7H2,1H3,(H,15,17). The maximum absolute atomic E-state index is 12.0. The molecule has 0 fully saturated rings. The number of nitrogens with zero attached hydrogens (tertiary/aromatic N) is 1. The number of hydrogen-bond donors (Lipinski definition) is 1. The summed E-state index contributed by atoms with van der Waals surface area (Å²) in [6, 6.07) is 7.99. The molecule has 19 heavy (non-hydrogen) atoms. The summed E-state index contributed by atoms with van der Waals surface area (Å²) < 4.78 is 5.78. The lowest BCUT2D eigenvalue weighted by molar-refractivity contribution is 0.0937. The zero-order chi connectivity index (χ0) is 13.2. The van der Waals surface area contributed by atoms with E-state index in [1.807, 2.05) is 25.1 Å². The predicted molar refractivity (Wildman–Crippen MR) is 73.7 cm³/mol. The lowest BCUT2D eigenvalue weighted by atomic mass is 10.1. The van der Waals surface area contributed by atoms with Crippen LogP contribution in [0.25, 0.3) is 0 Å². The van der Waals surface area contributed by atoms with E-state index in [9.17, 15) is 4.79 Å². The van der Waals surface area contributed by atoms with E-state index in [0.29, 0.717) is 11.4 Å². The SMILES string of the molecule is Cc1ncsc1C(=O)NCC1Cc2ccccc2O1. The highest BCUT2D eigenvalue weighted by Crippen LogP contribution is 2.27. The van der Waals surface area contributed by atoms with Gasteiger partial charge in [0.1, 0.15) is 16.7 Å². The number of para-hydroxylation sites is 1. The molecule has 1 aliphatic rings. The van der Waals surface area contributed by atoms with Gasteiger partial charge in [0.2, 0.25) is 0 Å². The molecule has 0 saturated heterocycles. The Hall–Kier alpha value is -1.88. The number of amides is 1. The zero-order valence-corrected chi connectivity index (χ0v) is 11.4. The van der Waals surface area contributed by atoms with Crippen molar-refractivity contribution in [3.63, 3.8) is 0 Å². The van der Waals surface area contributed by atoms with Crippen molar-refractivity contribution in [1.82, 2.24) is 10.3 Å². The highest BCUT2D eigenvalue weighted by atomic mass is 32.1. The number of fused-ring (bicyclic) bond motifs is 1. The number of thiazole rings is 1. The fourth-order valence-corrected chi connectivity index (χ4v) is 2.89. The molecule has 3 rings (SSSR count). The van der Waals surface area contributed by atoms with Crippen molar-refractivity contribution in [2.75, 3.05) is 6.54 Å². The van der Waals surface area contributed by atoms with Crippen LogP contribution < -0.4 is 10.1 Å². The molecule has 2 heterocycles. The van der Waals surface area contributed by atoms with Crippen molar-refractivity contribution in [2.45, 2.75) is 19.4 Å². The van der Waals surface area contributed by atoms with E-state index < -0.39 is 0 Å². The molecule has 0 aliphatic carbocycles. The molecule has 0 radical (unpaired) electrons. The predicted octanol–water partition coefficient (Wildman–Crippen LogP) is 2.19. The fraction of sp³-hybridized carbons (Fsp3) is 0.286. The second kappa shape index (κ2) is 5.01. The summed E-state index contributed by atoms with van der Waals surface area (Å²) in [5.41, 5.74) is 3.67. The van der Waals surface area contributed by atoms with Crippen LogP contribution in [0.15, 0.2) is 29.8 Å². The Bertz CT molecular complexity index is 584. The first-order valence-corrected chi connectivity index (χ1v) is 7.05. The van der Waals surface area contributed by atoms with Crippen molar-refractivity contribution in [2.24, 2.45) is 0 Å². The molecule has 1 amide bonds. The number of carbonyl (C=O) groups excluding carboxylic acids is 1. The lowest BCUT2D eigenvalue weighted by Crippen LogP contribution is -2.34. The normalized spacial score (nSPS) is 16.8. The third-order valence-electron chi connectivity index (χ3n) is 3.16. The molecule has 1 aromatic carbocycles. The summed E-state index contributed by atoms with van der Waals surface area (Å²) in [7, 11) is 0. The van der Waals surface area contributed by atoms with Gasteiger partial charge in [-0.2, -0.15) is 0 Å². The summed E-state index contributed by atoms with van der Waals surface area (Å²) in [6.07, 6.45) is 0.868. The molecule has 0 bridgehead atoms. The van der Waals surface area contributed by atoms with Gasteiger partial charge in [-0.3, -0.25) is 4.79 Å². The van der Waals surface area contributed by atoms with Crippen LogP contribution in [0.5, 0.6) is 5.75 Å². The number of ether oxygens (including phenoxy) is 1. The van der Waals surface area contributed by atoms with Gasteiger partial charge in [-0.25, -0.2) is 4.98 Å². The van der Waals surface area contributed by atoms with Gasteiger partial charge in [-0.05, 0) is 18.6 Å². The maximum atomic E-state index is 12.0. The van der Waals surface area contributed by atoms with Gasteiger partial charge in [0, 0.05) is 6.42 Å². The average Bonchev–Trinajstić information content (AvgIpc) is 3.01. The van der Waals surface area contributed by atoms with Crippen LogP contribution in [-0.2, 0) is 6.42 Å². The minimum atomic E-state index is -0.0699. The highest BCUT2D eigenvalue weighted by Gasteiger charge is 2.23. The summed E-state index contributed by atoms with van der Waals surface area (Å²) >= 11 is 1.36. The van der Waals surface area contributed by atoms with Crippen LogP contribution >= 0.6 is 11.3 Å². The van der Waals surface area contributed by atoms with E-state index in [1.165, 1.54) is 16.9 Å². The molecule has 0 spiro atoms. The summed E-state index contributed by atoms with van der Waals surface area (Å²) in [4.78, 5) is 16.7. The molecular weight excluding hydrogens is 260 g/mol. The first-order chi connectivity index (χ1) is 9.24. The van der Waals surface area contributed by atoms with Gasteiger partial charge in [-0.15, -0.1) is 11.3 Å². The Labute approximate surface area is 115 Å². The number of carbonyl (C=O) groups is 1. The topological polar surface area (TPSA) is 51.2 Å². The number of rotatable bonds is 3. The third kappa shape index (κ3) is 2.46. The molecule has 1 aliphatic heterocycles. The molecule has 0 saturated carbocycles. The minimum Gasteiger partial charge on any atom is -0.488 e. The quantitative estimate of drug-likeness (QED) is 0.933. The smallest absolute Gasteiger partial charge is 0.263 e. The number of nitrogens with one attached hydrogen (secondary N) is 1. The number of aromatic nitrogens is 1. The molecule has 1 atom stereocenters. The Kier molecular flexibility index (Phi) is 3.21. The van der Waals surface area contributed by atoms with Crippen molar-refractivity contribution < 1.29 is 9.53 Å². The Morgan fingerprint density at radius 2 is 2.37 bits per heavy atom. The first-order valence-electron chi connectivity index (χ1n) is 6.17. The molecule has 5 heteroatoms. The number of benzene rings is 1. The molecule has 1 unspecified atom stereocenters. The lowest BCUT2D eigenvalue weighted by Gasteiger charge is -2.11. The molecule has 1 N–H and O–H groups in total. The number of hydrogen-bond acceptors (Lipinski definition) is 4. The summed E-state index contributed by atoms with van der Waals surface area (Å²) in [5.74, 6) is 0.857. The largest absolute Gasteiger partial charge is 0.488 e. The monoisotopic (exact) mass is 274 g/mol. The van der Waals surface area contributed by atoms with Gasteiger partial charge < -0.3 is 10.1 Å². The third-order valence-corrected chi connectivity index (χ3v) is 4.08. The van der Waals surface area contributed by atoms with Crippen molar-refractivity contribution >= 4 is 17.2 Å². The van der Waals surface area contributed by atoms with E-state index in [0.717, 1.165) is 17.9 Å². The van der Waals surface area contributed by atoms with E-state index in [-0.39, 0.29) is 12.0 Å². The van der Waals surface area contributed by atoms with Crippen molar-refractivity contribution in [3.8, 4) is 5.75 Å². The van der Waals surface area contributed by atoms with E-state index in [1.54, 1.807) is 5.51 Å². The second-order valence-electron chi connectivity index (χ2n) is 4.53. The Balaban J connectivity index is 1.58. The molecule has 1 aromatic heterocycles. The highest BCUT2D eigenvalue weighted by molar-refractivity contribution is 7.11. The summed E-state index contributed by atoms with van der Waals surface area (Å²) in [6.45, 7) is 2.36. The first kappa shape index (κ1) is 12.2. The van der Waals surface area contributed by atoms with Crippen LogP contribution in [0.2, 0.25) is 0 Å². The van der Waals surface area contributed by atoms with Crippen LogP contribution in [0.3, 0.4) is 0 Å². The van der Waals surface area contributed by atoms with Gasteiger partial charge in [0.25, 0.3) is 5.91 Å². The zero-order valence-electron chi connectivity index (χ0n) is 10.6. The van der Waals surface area contributed by atoms with Crippen molar-refractivity contribution in [1.29, 1.82) is 0 Å². The molecule has 2 aromatic rings. The minimum absolute atomic E-state index is 0.0228. The second-order valence-corrected chi connectivity index (χ2v) is 5.38. The fourth-order valence-electron chi connectivity index (χ4n) is 2.17. The van der Waals surface area contributed by atoms with Crippen molar-refractivity contribution in [3.05, 3.63) is 45.9 Å². The average molecular weight is 274 g/mol. The van der Waals surface area contributed by atoms with Crippen LogP contribution in [-0.4, -0.2) is 23.5 Å². The van der Waals surface area contributed by atoms with Crippen LogP contribution in [0.1, 0.15) is 20.9 Å². The molecular formula is C14H14N2O2S. The van der Waals surface area contributed by atoms with E-state index >= 15 is 0 Å². The van der Waals surface area contributed by atoms with Gasteiger partial charge in [-0.1, -0.05) is 18.2 Å². The van der Waals surface area contributed by atoms with Gasteiger partial charge in [0.05, 0.1) is 17.7 Å². The van der Waals surface area contributed by atoms with Gasteiger partial charge >= 0.3 is 0 Å². The molecule has 98 valence electrons. The Morgan fingerprint density at radius 1 is 1.53 bits per heavy atom.